The fourth-order valence-corrected chi connectivity index (χ4v) is 5.03. The summed E-state index contributed by atoms with van der Waals surface area (Å²) in [5, 5.41) is 0.819. The van der Waals surface area contributed by atoms with Crippen molar-refractivity contribution in [2.75, 3.05) is 19.6 Å². The molecule has 0 aromatic heterocycles. The maximum Gasteiger partial charge on any atom is 0.410 e. The standard InChI is InChI=1S/C28H46N4O2.C9H11Cl.C3H8.C2H2/c1-11-15-17-29-22(6)26(24(13-3)25(14-4)30-16-12-2)23(7)31-18-19-32(21(5)20-31)27(33)34-28(8,9)10;1-2-3-8-4-6-9(10)7-5-8;1-3-2;1-2/h12-13,15-17,21H,11,14,18-20H2,1-10H3;4-7H,2-3H2,1H3;3H2,1-2H3;1-2H/b16-12-,17-15+,24-13-,26-23-,29-22+,30-25+;;;. The molecule has 1 heterocycles. The maximum atomic E-state index is 12.7. The number of ether oxygens (including phenoxy) is 1. The lowest BCUT2D eigenvalue weighted by atomic mass is 9.93. The van der Waals surface area contributed by atoms with Gasteiger partial charge in [-0.3, -0.25) is 9.98 Å². The third-order valence-electron chi connectivity index (χ3n) is 7.10. The van der Waals surface area contributed by atoms with Crippen LogP contribution in [-0.4, -0.2) is 58.6 Å². The first kappa shape index (κ1) is 47.6. The molecule has 0 spiro atoms. The average molecular weight is 695 g/mol. The van der Waals surface area contributed by atoms with Gasteiger partial charge in [-0.25, -0.2) is 4.79 Å². The van der Waals surface area contributed by atoms with E-state index in [1.54, 1.807) is 0 Å². The molecule has 1 aromatic rings. The number of hydrogen-bond acceptors (Lipinski definition) is 5. The Kier molecular flexibility index (Phi) is 26.5. The summed E-state index contributed by atoms with van der Waals surface area (Å²) >= 11 is 5.71. The number of aryl methyl sites for hydroxylation is 1. The van der Waals surface area contributed by atoms with Gasteiger partial charge in [0, 0.05) is 71.4 Å². The monoisotopic (exact) mass is 694 g/mol. The van der Waals surface area contributed by atoms with Crippen molar-refractivity contribution in [3.8, 4) is 12.8 Å². The molecular weight excluding hydrogens is 628 g/mol. The topological polar surface area (TPSA) is 57.5 Å². The second-order valence-electron chi connectivity index (χ2n) is 12.6. The van der Waals surface area contributed by atoms with E-state index in [4.69, 9.17) is 26.3 Å². The normalized spacial score (nSPS) is 16.2. The molecule has 0 saturated carbocycles. The van der Waals surface area contributed by atoms with E-state index in [1.807, 2.05) is 63.2 Å². The number of rotatable bonds is 10. The number of benzene rings is 1. The Morgan fingerprint density at radius 2 is 1.59 bits per heavy atom. The summed E-state index contributed by atoms with van der Waals surface area (Å²) in [6.45, 7) is 28.8. The Balaban J connectivity index is 0. The Labute approximate surface area is 306 Å². The minimum atomic E-state index is -0.500. The van der Waals surface area contributed by atoms with Gasteiger partial charge in [0.05, 0.1) is 0 Å². The van der Waals surface area contributed by atoms with Crippen LogP contribution in [0.1, 0.15) is 121 Å². The number of nitrogens with zero attached hydrogens (tertiary/aromatic N) is 4. The Bertz CT molecular complexity index is 1280. The Morgan fingerprint density at radius 3 is 2.04 bits per heavy atom. The number of aliphatic imine (C=N–C) groups is 2. The summed E-state index contributed by atoms with van der Waals surface area (Å²) in [6.07, 6.45) is 23.0. The van der Waals surface area contributed by atoms with Crippen LogP contribution in [0.3, 0.4) is 0 Å². The van der Waals surface area contributed by atoms with Crippen LogP contribution < -0.4 is 0 Å². The van der Waals surface area contributed by atoms with E-state index in [2.05, 4.69) is 104 Å². The Hall–Kier alpha value is -3.56. The summed E-state index contributed by atoms with van der Waals surface area (Å²) in [5.41, 5.74) is 6.21. The first-order valence-electron chi connectivity index (χ1n) is 17.8. The van der Waals surface area contributed by atoms with E-state index in [9.17, 15) is 4.79 Å². The molecule has 274 valence electrons. The van der Waals surface area contributed by atoms with Crippen LogP contribution in [0.2, 0.25) is 5.02 Å². The highest BCUT2D eigenvalue weighted by atomic mass is 35.5. The number of amides is 1. The van der Waals surface area contributed by atoms with E-state index in [1.165, 1.54) is 18.4 Å². The van der Waals surface area contributed by atoms with Crippen molar-refractivity contribution < 1.29 is 9.53 Å². The molecule has 1 saturated heterocycles. The quantitative estimate of drug-likeness (QED) is 0.139. The largest absolute Gasteiger partial charge is 0.444 e. The van der Waals surface area contributed by atoms with Gasteiger partial charge in [-0.1, -0.05) is 89.4 Å². The number of hydrogen-bond donors (Lipinski definition) is 0. The lowest BCUT2D eigenvalue weighted by Gasteiger charge is -2.42. The molecular formula is C42H67ClN4O2. The molecule has 0 aliphatic carbocycles. The number of terminal acetylenes is 1. The first-order valence-corrected chi connectivity index (χ1v) is 18.2. The summed E-state index contributed by atoms with van der Waals surface area (Å²) in [4.78, 5) is 26.3. The van der Waals surface area contributed by atoms with Gasteiger partial charge in [0.15, 0.2) is 0 Å². The minimum Gasteiger partial charge on any atom is -0.444 e. The van der Waals surface area contributed by atoms with Gasteiger partial charge < -0.3 is 14.5 Å². The van der Waals surface area contributed by atoms with Gasteiger partial charge in [-0.15, -0.1) is 12.8 Å². The SMILES string of the molecule is C#C.CCC.CCCc1ccc(Cl)cc1.C\C=C/N=C(CC)/C(=C/C)C(/C(C)=N/C=C/CC)=C(/C)N1CCN(C(=O)OC(C)(C)C)C(C)C1. The van der Waals surface area contributed by atoms with Crippen LogP contribution in [0, 0.1) is 12.8 Å². The van der Waals surface area contributed by atoms with Gasteiger partial charge in [-0.05, 0) is 92.3 Å². The van der Waals surface area contributed by atoms with Gasteiger partial charge in [0.1, 0.15) is 5.60 Å². The summed E-state index contributed by atoms with van der Waals surface area (Å²) in [6, 6.07) is 8.06. The zero-order valence-corrected chi connectivity index (χ0v) is 33.8. The molecule has 7 heteroatoms. The maximum absolute atomic E-state index is 12.7. The predicted molar refractivity (Wildman–Crippen MR) is 217 cm³/mol. The minimum absolute atomic E-state index is 0.0356. The van der Waals surface area contributed by atoms with Crippen molar-refractivity contribution in [3.63, 3.8) is 0 Å². The van der Waals surface area contributed by atoms with Crippen LogP contribution in [0.15, 0.2) is 81.7 Å². The van der Waals surface area contributed by atoms with E-state index < -0.39 is 5.60 Å². The Morgan fingerprint density at radius 1 is 1.00 bits per heavy atom. The van der Waals surface area contributed by atoms with Crippen molar-refractivity contribution in [1.29, 1.82) is 0 Å². The van der Waals surface area contributed by atoms with Crippen molar-refractivity contribution in [1.82, 2.24) is 9.80 Å². The summed E-state index contributed by atoms with van der Waals surface area (Å²) in [7, 11) is 0. The molecule has 1 aliphatic rings. The van der Waals surface area contributed by atoms with Crippen LogP contribution in [0.25, 0.3) is 0 Å². The van der Waals surface area contributed by atoms with Crippen molar-refractivity contribution in [2.24, 2.45) is 9.98 Å². The molecule has 1 fully saturated rings. The fraction of sp³-hybridized carbons (Fsp3) is 0.548. The van der Waals surface area contributed by atoms with Gasteiger partial charge >= 0.3 is 6.09 Å². The van der Waals surface area contributed by atoms with Crippen molar-refractivity contribution in [3.05, 3.63) is 82.3 Å². The molecule has 0 bridgehead atoms. The van der Waals surface area contributed by atoms with Crippen LogP contribution in [0.4, 0.5) is 4.79 Å². The molecule has 0 N–H and O–H groups in total. The predicted octanol–water partition coefficient (Wildman–Crippen LogP) is 11.9. The second-order valence-corrected chi connectivity index (χ2v) is 13.1. The number of piperazine rings is 1. The number of carbonyl (C=O) groups excluding carboxylic acids is 1. The van der Waals surface area contributed by atoms with Crippen LogP contribution >= 0.6 is 11.6 Å². The van der Waals surface area contributed by atoms with E-state index in [-0.39, 0.29) is 12.1 Å². The number of carbonyl (C=O) groups is 1. The van der Waals surface area contributed by atoms with E-state index in [0.29, 0.717) is 6.54 Å². The lowest BCUT2D eigenvalue weighted by Crippen LogP contribution is -2.54. The van der Waals surface area contributed by atoms with Gasteiger partial charge in [0.2, 0.25) is 0 Å². The highest BCUT2D eigenvalue weighted by Gasteiger charge is 2.32. The fourth-order valence-electron chi connectivity index (χ4n) is 4.91. The van der Waals surface area contributed by atoms with E-state index >= 15 is 0 Å². The van der Waals surface area contributed by atoms with Crippen LogP contribution in [-0.2, 0) is 11.2 Å². The third kappa shape index (κ3) is 19.3. The summed E-state index contributed by atoms with van der Waals surface area (Å²) < 4.78 is 5.62. The highest BCUT2D eigenvalue weighted by Crippen LogP contribution is 2.26. The molecule has 0 radical (unpaired) electrons. The molecule has 6 nitrogen and oxygen atoms in total. The number of allylic oxidation sites excluding steroid dienone is 6. The second kappa shape index (κ2) is 27.3. The smallest absolute Gasteiger partial charge is 0.410 e. The molecule has 2 rings (SSSR count). The van der Waals surface area contributed by atoms with Crippen LogP contribution in [0.5, 0.6) is 0 Å². The van der Waals surface area contributed by atoms with E-state index in [0.717, 1.165) is 65.6 Å². The number of halogens is 1. The molecule has 1 atom stereocenters. The molecule has 1 unspecified atom stereocenters. The van der Waals surface area contributed by atoms with Crippen molar-refractivity contribution >= 4 is 29.1 Å². The first-order chi connectivity index (χ1) is 23.2. The molecule has 1 aliphatic heterocycles. The zero-order valence-electron chi connectivity index (χ0n) is 33.1. The van der Waals surface area contributed by atoms with Gasteiger partial charge in [-0.2, -0.15) is 0 Å². The summed E-state index contributed by atoms with van der Waals surface area (Å²) in [5.74, 6) is 0. The molecule has 1 aromatic carbocycles. The zero-order chi connectivity index (χ0) is 38.0. The lowest BCUT2D eigenvalue weighted by molar-refractivity contribution is 0.00494. The molecule has 1 amide bonds. The highest BCUT2D eigenvalue weighted by molar-refractivity contribution is 6.30. The van der Waals surface area contributed by atoms with Crippen molar-refractivity contribution in [2.45, 2.75) is 134 Å². The third-order valence-corrected chi connectivity index (χ3v) is 7.35. The molecule has 49 heavy (non-hydrogen) atoms. The average Bonchev–Trinajstić information content (AvgIpc) is 3.06. The van der Waals surface area contributed by atoms with Gasteiger partial charge in [0.25, 0.3) is 0 Å².